The molecule has 1 amide bonds. The Morgan fingerprint density at radius 1 is 1.26 bits per heavy atom. The van der Waals surface area contributed by atoms with Crippen molar-refractivity contribution in [2.24, 2.45) is 7.05 Å². The molecule has 180 valence electrons. The van der Waals surface area contributed by atoms with Crippen LogP contribution >= 0.6 is 11.3 Å². The second kappa shape index (κ2) is 8.32. The highest BCUT2D eigenvalue weighted by Gasteiger charge is 2.48. The Balaban J connectivity index is 1.47. The number of carboxylic acids is 1. The minimum absolute atomic E-state index is 0.0897. The van der Waals surface area contributed by atoms with E-state index in [-0.39, 0.29) is 17.9 Å². The number of aromatic carboxylic acids is 1. The monoisotopic (exact) mass is 494 g/mol. The fourth-order valence-electron chi connectivity index (χ4n) is 4.01. The average Bonchev–Trinajstić information content (AvgIpc) is 3.60. The molecular formula is C23H22N6O5S. The van der Waals surface area contributed by atoms with Crippen molar-refractivity contribution < 1.29 is 24.3 Å². The number of aliphatic hydroxyl groups is 1. The molecule has 0 bridgehead atoms. The molecule has 1 atom stereocenters. The van der Waals surface area contributed by atoms with E-state index in [2.05, 4.69) is 20.6 Å². The number of anilines is 2. The molecule has 1 aromatic carbocycles. The summed E-state index contributed by atoms with van der Waals surface area (Å²) in [7, 11) is 3.41. The number of amides is 1. The first kappa shape index (κ1) is 22.7. The van der Waals surface area contributed by atoms with Gasteiger partial charge in [-0.2, -0.15) is 5.10 Å². The lowest BCUT2D eigenvalue weighted by Crippen LogP contribution is -2.35. The summed E-state index contributed by atoms with van der Waals surface area (Å²) in [4.78, 5) is 30.0. The van der Waals surface area contributed by atoms with Gasteiger partial charge in [0, 0.05) is 56.0 Å². The minimum Gasteiger partial charge on any atom is -0.476 e. The lowest BCUT2D eigenvalue weighted by atomic mass is 9.98. The molecule has 1 aliphatic rings. The average molecular weight is 495 g/mol. The summed E-state index contributed by atoms with van der Waals surface area (Å²) >= 11 is 1.20. The molecule has 1 saturated heterocycles. The van der Waals surface area contributed by atoms with Crippen LogP contribution in [0.15, 0.2) is 41.1 Å². The van der Waals surface area contributed by atoms with E-state index in [9.17, 15) is 19.8 Å². The molecular weight excluding hydrogens is 472 g/mol. The zero-order chi connectivity index (χ0) is 24.9. The van der Waals surface area contributed by atoms with Crippen molar-refractivity contribution in [3.8, 4) is 21.8 Å². The van der Waals surface area contributed by atoms with Gasteiger partial charge >= 0.3 is 5.97 Å². The second-order valence-electron chi connectivity index (χ2n) is 8.46. The highest BCUT2D eigenvalue weighted by molar-refractivity contribution is 7.19. The van der Waals surface area contributed by atoms with Gasteiger partial charge in [-0.15, -0.1) is 0 Å². The minimum atomic E-state index is -1.73. The Labute approximate surface area is 203 Å². The summed E-state index contributed by atoms with van der Waals surface area (Å²) in [5, 5.41) is 32.8. The van der Waals surface area contributed by atoms with Crippen LogP contribution in [0.1, 0.15) is 28.2 Å². The van der Waals surface area contributed by atoms with Crippen LogP contribution in [0.25, 0.3) is 21.8 Å². The predicted molar refractivity (Wildman–Crippen MR) is 127 cm³/mol. The number of nitrogens with zero attached hydrogens (tertiary/aromatic N) is 5. The predicted octanol–water partition coefficient (Wildman–Crippen LogP) is 3.00. The van der Waals surface area contributed by atoms with Crippen LogP contribution in [0.3, 0.4) is 0 Å². The first-order valence-corrected chi connectivity index (χ1v) is 11.5. The number of benzene rings is 1. The van der Waals surface area contributed by atoms with Gasteiger partial charge in [0.15, 0.2) is 17.3 Å². The number of hydrogen-bond acceptors (Lipinski definition) is 9. The summed E-state index contributed by atoms with van der Waals surface area (Å²) < 4.78 is 6.99. The van der Waals surface area contributed by atoms with E-state index < -0.39 is 17.5 Å². The molecule has 0 saturated carbocycles. The molecule has 1 aliphatic heterocycles. The fraction of sp³-hybridized carbons (Fsp3) is 0.261. The van der Waals surface area contributed by atoms with Crippen molar-refractivity contribution in [1.29, 1.82) is 0 Å². The third-order valence-electron chi connectivity index (χ3n) is 5.91. The Bertz CT molecular complexity index is 1460. The van der Waals surface area contributed by atoms with E-state index in [0.29, 0.717) is 39.2 Å². The van der Waals surface area contributed by atoms with Crippen molar-refractivity contribution in [3.05, 3.63) is 53.5 Å². The largest absolute Gasteiger partial charge is 0.476 e. The number of hydrogen-bond donors (Lipinski definition) is 3. The standard InChI is InChI=1S/C23H22N6O5S/c1-12-11-29(3)26-18(12)25-20-17(21(30)31)24-19(35-20)14-6-4-5-13(9-14)15-10-16(34-27-15)23(33)7-8-28(2)22(23)32/h4-6,9-11,33H,7-8H2,1-3H3,(H,25,26)(H,30,31). The smallest absolute Gasteiger partial charge is 0.357 e. The molecule has 3 aromatic heterocycles. The van der Waals surface area contributed by atoms with Crippen LogP contribution in [0.4, 0.5) is 10.8 Å². The molecule has 0 radical (unpaired) electrons. The molecule has 35 heavy (non-hydrogen) atoms. The molecule has 1 unspecified atom stereocenters. The molecule has 1 fully saturated rings. The number of thiazole rings is 1. The lowest BCUT2D eigenvalue weighted by molar-refractivity contribution is -0.144. The number of likely N-dealkylation sites (N-methyl/N-ethyl adjacent to an activating group) is 1. The van der Waals surface area contributed by atoms with Gasteiger partial charge in [0.05, 0.1) is 0 Å². The summed E-state index contributed by atoms with van der Waals surface area (Å²) in [6, 6.07) is 8.76. The normalized spacial score (nSPS) is 17.8. The summed E-state index contributed by atoms with van der Waals surface area (Å²) in [5.74, 6) is -0.938. The summed E-state index contributed by atoms with van der Waals surface area (Å²) in [6.45, 7) is 2.30. The van der Waals surface area contributed by atoms with Gasteiger partial charge in [0.1, 0.15) is 15.7 Å². The van der Waals surface area contributed by atoms with Gasteiger partial charge in [-0.1, -0.05) is 34.7 Å². The van der Waals surface area contributed by atoms with Gasteiger partial charge in [-0.05, 0) is 13.0 Å². The molecule has 3 N–H and O–H groups in total. The maximum absolute atomic E-state index is 12.4. The first-order chi connectivity index (χ1) is 16.7. The summed E-state index contributed by atoms with van der Waals surface area (Å²) in [6.07, 6.45) is 2.05. The Morgan fingerprint density at radius 2 is 2.03 bits per heavy atom. The number of likely N-dealkylation sites (tertiary alicyclic amines) is 1. The lowest BCUT2D eigenvalue weighted by Gasteiger charge is -2.16. The molecule has 11 nitrogen and oxygen atoms in total. The Morgan fingerprint density at radius 3 is 2.69 bits per heavy atom. The highest BCUT2D eigenvalue weighted by Crippen LogP contribution is 2.37. The van der Waals surface area contributed by atoms with E-state index in [1.165, 1.54) is 16.2 Å². The molecule has 4 heterocycles. The number of carbonyl (C=O) groups excluding carboxylic acids is 1. The molecule has 4 aromatic rings. The van der Waals surface area contributed by atoms with E-state index in [0.717, 1.165) is 5.56 Å². The molecule has 0 aliphatic carbocycles. The van der Waals surface area contributed by atoms with Crippen LogP contribution in [0.2, 0.25) is 0 Å². The SMILES string of the molecule is Cc1cn(C)nc1Nc1sc(-c2cccc(-c3cc(C4(O)CCN(C)C4=O)on3)c2)nc1C(=O)O. The molecule has 12 heteroatoms. The number of rotatable bonds is 6. The maximum Gasteiger partial charge on any atom is 0.357 e. The van der Waals surface area contributed by atoms with Crippen molar-refractivity contribution in [1.82, 2.24) is 24.8 Å². The number of carbonyl (C=O) groups is 2. The zero-order valence-electron chi connectivity index (χ0n) is 19.1. The van der Waals surface area contributed by atoms with Crippen molar-refractivity contribution in [3.63, 3.8) is 0 Å². The van der Waals surface area contributed by atoms with Crippen LogP contribution in [0, 0.1) is 6.92 Å². The van der Waals surface area contributed by atoms with Gasteiger partial charge in [0.25, 0.3) is 5.91 Å². The van der Waals surface area contributed by atoms with Crippen molar-refractivity contribution in [2.45, 2.75) is 18.9 Å². The number of nitrogens with one attached hydrogen (secondary N) is 1. The number of aromatic nitrogens is 4. The zero-order valence-corrected chi connectivity index (χ0v) is 20.0. The number of aryl methyl sites for hydroxylation is 2. The van der Waals surface area contributed by atoms with Gasteiger partial charge in [-0.3, -0.25) is 9.48 Å². The molecule has 5 rings (SSSR count). The number of carboxylic acid groups (broad SMARTS) is 1. The first-order valence-electron chi connectivity index (χ1n) is 10.7. The van der Waals surface area contributed by atoms with E-state index >= 15 is 0 Å². The van der Waals surface area contributed by atoms with E-state index in [1.807, 2.05) is 19.2 Å². The second-order valence-corrected chi connectivity index (χ2v) is 9.45. The van der Waals surface area contributed by atoms with Gasteiger partial charge < -0.3 is 25.0 Å². The van der Waals surface area contributed by atoms with E-state index in [4.69, 9.17) is 4.52 Å². The third kappa shape index (κ3) is 3.96. The van der Waals surface area contributed by atoms with Gasteiger partial charge in [-0.25, -0.2) is 9.78 Å². The van der Waals surface area contributed by atoms with Crippen LogP contribution < -0.4 is 5.32 Å². The molecule has 0 spiro atoms. The maximum atomic E-state index is 12.4. The quantitative estimate of drug-likeness (QED) is 0.368. The fourth-order valence-corrected chi connectivity index (χ4v) is 4.96. The van der Waals surface area contributed by atoms with Crippen LogP contribution in [-0.4, -0.2) is 60.5 Å². The highest BCUT2D eigenvalue weighted by atomic mass is 32.1. The Kier molecular flexibility index (Phi) is 5.41. The van der Waals surface area contributed by atoms with Gasteiger partial charge in [0.2, 0.25) is 5.60 Å². The Hall–Kier alpha value is -4.03. The van der Waals surface area contributed by atoms with Crippen molar-refractivity contribution in [2.75, 3.05) is 18.9 Å². The third-order valence-corrected chi connectivity index (χ3v) is 6.93. The van der Waals surface area contributed by atoms with Crippen LogP contribution in [-0.2, 0) is 17.4 Å². The van der Waals surface area contributed by atoms with Crippen molar-refractivity contribution >= 4 is 34.0 Å². The van der Waals surface area contributed by atoms with Crippen LogP contribution in [0.5, 0.6) is 0 Å². The van der Waals surface area contributed by atoms with E-state index in [1.54, 1.807) is 43.0 Å². The summed E-state index contributed by atoms with van der Waals surface area (Å²) in [5.41, 5.74) is 0.831. The topological polar surface area (TPSA) is 147 Å².